The van der Waals surface area contributed by atoms with Gasteiger partial charge in [0.25, 0.3) is 0 Å². The van der Waals surface area contributed by atoms with Crippen LogP contribution in [0.5, 0.6) is 0 Å². The van der Waals surface area contributed by atoms with Crippen molar-refractivity contribution in [3.8, 4) is 0 Å². The molecule has 62 valence electrons. The first-order chi connectivity index (χ1) is 5.77. The van der Waals surface area contributed by atoms with Crippen molar-refractivity contribution in [1.29, 1.82) is 0 Å². The van der Waals surface area contributed by atoms with Gasteiger partial charge in [-0.15, -0.1) is 11.3 Å². The molecule has 1 fully saturated rings. The smallest absolute Gasteiger partial charge is 0.211 e. The van der Waals surface area contributed by atoms with Crippen molar-refractivity contribution >= 4 is 33.3 Å². The molecule has 0 N–H and O–H groups in total. The molecule has 1 aromatic heterocycles. The highest BCUT2D eigenvalue weighted by Gasteiger charge is 2.45. The molecule has 1 saturated carbocycles. The van der Waals surface area contributed by atoms with Crippen LogP contribution in [0.1, 0.15) is 17.7 Å². The average molecular weight is 244 g/mol. The summed E-state index contributed by atoms with van der Waals surface area (Å²) in [7, 11) is 0. The first-order valence-corrected chi connectivity index (χ1v) is 5.28. The van der Waals surface area contributed by atoms with Gasteiger partial charge in [-0.2, -0.15) is 4.99 Å². The maximum Gasteiger partial charge on any atom is 0.235 e. The SMILES string of the molecule is O=C=NC1(c2cc(Br)cs2)CC1. The molecular formula is C8H6BrNOS. The van der Waals surface area contributed by atoms with Gasteiger partial charge in [0.05, 0.1) is 0 Å². The van der Waals surface area contributed by atoms with Gasteiger partial charge in [-0.25, -0.2) is 4.79 Å². The summed E-state index contributed by atoms with van der Waals surface area (Å²) in [5, 5.41) is 2.01. The van der Waals surface area contributed by atoms with E-state index < -0.39 is 0 Å². The van der Waals surface area contributed by atoms with Crippen LogP contribution in [0.15, 0.2) is 20.9 Å². The number of isocyanates is 1. The molecular weight excluding hydrogens is 238 g/mol. The highest BCUT2D eigenvalue weighted by molar-refractivity contribution is 9.10. The third kappa shape index (κ3) is 1.26. The molecule has 0 spiro atoms. The van der Waals surface area contributed by atoms with Crippen LogP contribution in [0.3, 0.4) is 0 Å². The zero-order valence-corrected chi connectivity index (χ0v) is 8.61. The molecule has 1 aliphatic carbocycles. The molecule has 2 nitrogen and oxygen atoms in total. The van der Waals surface area contributed by atoms with Gasteiger partial charge >= 0.3 is 0 Å². The number of rotatable bonds is 2. The Morgan fingerprint density at radius 3 is 2.83 bits per heavy atom. The fourth-order valence-electron chi connectivity index (χ4n) is 1.18. The monoisotopic (exact) mass is 243 g/mol. The predicted octanol–water partition coefficient (Wildman–Crippen LogP) is 2.84. The van der Waals surface area contributed by atoms with Gasteiger partial charge in [-0.05, 0) is 34.8 Å². The van der Waals surface area contributed by atoms with Crippen LogP contribution in [0.2, 0.25) is 0 Å². The summed E-state index contributed by atoms with van der Waals surface area (Å²) < 4.78 is 1.06. The Balaban J connectivity index is 2.36. The van der Waals surface area contributed by atoms with Crippen LogP contribution >= 0.6 is 27.3 Å². The first-order valence-electron chi connectivity index (χ1n) is 3.60. The molecule has 1 heterocycles. The molecule has 0 bridgehead atoms. The second-order valence-electron chi connectivity index (χ2n) is 2.86. The second-order valence-corrected chi connectivity index (χ2v) is 4.69. The van der Waals surface area contributed by atoms with Gasteiger partial charge in [0.2, 0.25) is 6.08 Å². The van der Waals surface area contributed by atoms with Gasteiger partial charge < -0.3 is 0 Å². The van der Waals surface area contributed by atoms with Crippen molar-refractivity contribution < 1.29 is 4.79 Å². The fraction of sp³-hybridized carbons (Fsp3) is 0.375. The van der Waals surface area contributed by atoms with E-state index in [1.807, 2.05) is 11.4 Å². The molecule has 0 aliphatic heterocycles. The summed E-state index contributed by atoms with van der Waals surface area (Å²) in [6.07, 6.45) is 3.61. The van der Waals surface area contributed by atoms with E-state index in [1.165, 1.54) is 0 Å². The van der Waals surface area contributed by atoms with Crippen molar-refractivity contribution in [3.63, 3.8) is 0 Å². The van der Waals surface area contributed by atoms with Gasteiger partial charge in [0, 0.05) is 14.7 Å². The molecule has 12 heavy (non-hydrogen) atoms. The lowest BCUT2D eigenvalue weighted by Crippen LogP contribution is -1.97. The summed E-state index contributed by atoms with van der Waals surface area (Å²) in [6.45, 7) is 0. The van der Waals surface area contributed by atoms with E-state index >= 15 is 0 Å². The Hall–Kier alpha value is -0.440. The highest BCUT2D eigenvalue weighted by Crippen LogP contribution is 2.51. The molecule has 0 aromatic carbocycles. The van der Waals surface area contributed by atoms with Gasteiger partial charge in [-0.1, -0.05) is 0 Å². The van der Waals surface area contributed by atoms with Gasteiger partial charge in [-0.3, -0.25) is 0 Å². The van der Waals surface area contributed by atoms with Crippen LogP contribution in [0.25, 0.3) is 0 Å². The number of carbonyl (C=O) groups excluding carboxylic acids is 1. The third-order valence-corrected chi connectivity index (χ3v) is 3.89. The minimum absolute atomic E-state index is 0.196. The maximum absolute atomic E-state index is 10.1. The van der Waals surface area contributed by atoms with Gasteiger partial charge in [0.15, 0.2) is 0 Å². The molecule has 1 aromatic rings. The Bertz CT molecular complexity index is 350. The van der Waals surface area contributed by atoms with Crippen molar-refractivity contribution in [2.45, 2.75) is 18.4 Å². The number of halogens is 1. The van der Waals surface area contributed by atoms with E-state index in [4.69, 9.17) is 0 Å². The number of hydrogen-bond donors (Lipinski definition) is 0. The van der Waals surface area contributed by atoms with E-state index in [-0.39, 0.29) is 5.54 Å². The summed E-state index contributed by atoms with van der Waals surface area (Å²) in [6, 6.07) is 2.03. The van der Waals surface area contributed by atoms with Crippen LogP contribution < -0.4 is 0 Å². The minimum atomic E-state index is -0.196. The standard InChI is InChI=1S/C8H6BrNOS/c9-6-3-7(12-4-6)8(1-2-8)10-5-11/h3-4H,1-2H2. The van der Waals surface area contributed by atoms with E-state index in [1.54, 1.807) is 17.4 Å². The average Bonchev–Trinajstić information content (AvgIpc) is 2.69. The molecule has 0 saturated heterocycles. The number of thiophene rings is 1. The van der Waals surface area contributed by atoms with E-state index in [9.17, 15) is 4.79 Å². The summed E-state index contributed by atoms with van der Waals surface area (Å²) in [5.74, 6) is 0. The van der Waals surface area contributed by atoms with Crippen LogP contribution in [-0.2, 0) is 10.3 Å². The largest absolute Gasteiger partial charge is 0.235 e. The van der Waals surface area contributed by atoms with E-state index in [0.29, 0.717) is 0 Å². The lowest BCUT2D eigenvalue weighted by molar-refractivity contribution is 0.557. The second kappa shape index (κ2) is 2.80. The summed E-state index contributed by atoms with van der Waals surface area (Å²) in [4.78, 5) is 15.1. The molecule has 4 heteroatoms. The number of hydrogen-bond acceptors (Lipinski definition) is 3. The van der Waals surface area contributed by atoms with Crippen LogP contribution in [-0.4, -0.2) is 6.08 Å². The molecule has 0 atom stereocenters. The zero-order valence-electron chi connectivity index (χ0n) is 6.21. The Morgan fingerprint density at radius 1 is 1.67 bits per heavy atom. The molecule has 0 amide bonds. The predicted molar refractivity (Wildman–Crippen MR) is 51.1 cm³/mol. The summed E-state index contributed by atoms with van der Waals surface area (Å²) in [5.41, 5.74) is -0.196. The van der Waals surface area contributed by atoms with Crippen molar-refractivity contribution in [2.24, 2.45) is 4.99 Å². The Kier molecular flexibility index (Phi) is 1.91. The Morgan fingerprint density at radius 2 is 2.42 bits per heavy atom. The molecule has 0 unspecified atom stereocenters. The first kappa shape index (κ1) is 8.17. The third-order valence-electron chi connectivity index (χ3n) is 2.01. The maximum atomic E-state index is 10.1. The summed E-state index contributed by atoms with van der Waals surface area (Å²) >= 11 is 5.01. The lowest BCUT2D eigenvalue weighted by Gasteiger charge is -2.01. The van der Waals surface area contributed by atoms with E-state index in [0.717, 1.165) is 22.2 Å². The highest BCUT2D eigenvalue weighted by atomic mass is 79.9. The zero-order chi connectivity index (χ0) is 8.60. The Labute approximate surface area is 82.5 Å². The number of nitrogens with zero attached hydrogens (tertiary/aromatic N) is 1. The van der Waals surface area contributed by atoms with Crippen LogP contribution in [0.4, 0.5) is 0 Å². The lowest BCUT2D eigenvalue weighted by atomic mass is 10.2. The molecule has 1 aliphatic rings. The van der Waals surface area contributed by atoms with Crippen LogP contribution in [0, 0.1) is 0 Å². The quantitative estimate of drug-likeness (QED) is 0.581. The topological polar surface area (TPSA) is 29.4 Å². The molecule has 2 rings (SSSR count). The van der Waals surface area contributed by atoms with Crippen molar-refractivity contribution in [1.82, 2.24) is 0 Å². The number of aliphatic imine (C=N–C) groups is 1. The van der Waals surface area contributed by atoms with Gasteiger partial charge in [0.1, 0.15) is 5.54 Å². The normalized spacial score (nSPS) is 18.4. The van der Waals surface area contributed by atoms with Crippen molar-refractivity contribution in [3.05, 3.63) is 20.8 Å². The minimum Gasteiger partial charge on any atom is -0.211 e. The van der Waals surface area contributed by atoms with Crippen molar-refractivity contribution in [2.75, 3.05) is 0 Å². The molecule has 0 radical (unpaired) electrons. The van der Waals surface area contributed by atoms with E-state index in [2.05, 4.69) is 20.9 Å². The fourth-order valence-corrected chi connectivity index (χ4v) is 2.81.